The number of aromatic nitrogens is 1. The van der Waals surface area contributed by atoms with E-state index in [-0.39, 0.29) is 17.0 Å². The summed E-state index contributed by atoms with van der Waals surface area (Å²) in [6.07, 6.45) is 1.72. The lowest BCUT2D eigenvalue weighted by molar-refractivity contribution is -0.387. The van der Waals surface area contributed by atoms with Crippen LogP contribution in [0, 0.1) is 37.8 Å². The van der Waals surface area contributed by atoms with Gasteiger partial charge in [-0.1, -0.05) is 6.07 Å². The Balaban J connectivity index is 1.79. The molecular formula is C24H24N2O5S. The third-order valence-corrected chi connectivity index (χ3v) is 5.93. The summed E-state index contributed by atoms with van der Waals surface area (Å²) >= 11 is 1.21. The van der Waals surface area contributed by atoms with Crippen LogP contribution in [0.2, 0.25) is 0 Å². The number of nitrogens with zero attached hydrogens (tertiary/aromatic N) is 2. The fourth-order valence-corrected chi connectivity index (χ4v) is 4.32. The first-order valence-electron chi connectivity index (χ1n) is 9.92. The number of nitro benzene ring substituents is 1. The number of benzene rings is 2. The van der Waals surface area contributed by atoms with Crippen LogP contribution in [0.5, 0.6) is 0 Å². The Morgan fingerprint density at radius 1 is 1.03 bits per heavy atom. The van der Waals surface area contributed by atoms with Crippen molar-refractivity contribution in [1.29, 1.82) is 0 Å². The quantitative estimate of drug-likeness (QED) is 0.157. The molecule has 0 fully saturated rings. The molecule has 1 heterocycles. The number of carbonyl (C=O) groups is 2. The van der Waals surface area contributed by atoms with E-state index in [0.717, 1.165) is 28.2 Å². The first-order valence-corrected chi connectivity index (χ1v) is 11.1. The van der Waals surface area contributed by atoms with Gasteiger partial charge in [0.2, 0.25) is 5.78 Å². The van der Waals surface area contributed by atoms with Crippen LogP contribution in [-0.4, -0.2) is 34.1 Å². The number of Topliss-reactive ketones (excluding diaryl/α,β-unsaturated/α-hetero) is 1. The largest absolute Gasteiger partial charge is 0.454 e. The smallest absolute Gasteiger partial charge is 0.338 e. The lowest BCUT2D eigenvalue weighted by atomic mass is 10.1. The predicted molar refractivity (Wildman–Crippen MR) is 124 cm³/mol. The lowest BCUT2D eigenvalue weighted by Gasteiger charge is -2.12. The molecule has 0 spiro atoms. The molecule has 2 aromatic carbocycles. The molecule has 0 saturated heterocycles. The van der Waals surface area contributed by atoms with Crippen LogP contribution in [0.25, 0.3) is 5.69 Å². The third kappa shape index (κ3) is 4.75. The molecule has 0 saturated carbocycles. The second kappa shape index (κ2) is 9.40. The average Bonchev–Trinajstić information content (AvgIpc) is 3.04. The normalized spacial score (nSPS) is 10.8. The van der Waals surface area contributed by atoms with E-state index in [1.165, 1.54) is 30.0 Å². The molecule has 0 unspecified atom stereocenters. The van der Waals surface area contributed by atoms with Crippen molar-refractivity contribution in [1.82, 2.24) is 4.57 Å². The molecule has 1 aromatic heterocycles. The Bertz CT molecular complexity index is 1210. The number of aryl methyl sites for hydroxylation is 3. The van der Waals surface area contributed by atoms with Gasteiger partial charge in [-0.15, -0.1) is 11.8 Å². The minimum atomic E-state index is -0.780. The number of rotatable bonds is 7. The number of esters is 1. The van der Waals surface area contributed by atoms with Crippen LogP contribution in [0.15, 0.2) is 47.4 Å². The third-order valence-electron chi connectivity index (χ3n) is 5.14. The number of carbonyl (C=O) groups excluding carboxylic acids is 2. The van der Waals surface area contributed by atoms with Gasteiger partial charge in [0.05, 0.1) is 15.4 Å². The Labute approximate surface area is 190 Å². The van der Waals surface area contributed by atoms with E-state index in [2.05, 4.69) is 6.07 Å². The first kappa shape index (κ1) is 23.3. The van der Waals surface area contributed by atoms with Crippen LogP contribution in [0.3, 0.4) is 0 Å². The Morgan fingerprint density at radius 2 is 1.69 bits per heavy atom. The summed E-state index contributed by atoms with van der Waals surface area (Å²) in [6, 6.07) is 12.1. The van der Waals surface area contributed by atoms with E-state index in [9.17, 15) is 19.7 Å². The highest BCUT2D eigenvalue weighted by Gasteiger charge is 2.21. The van der Waals surface area contributed by atoms with Crippen molar-refractivity contribution in [3.8, 4) is 5.69 Å². The summed E-state index contributed by atoms with van der Waals surface area (Å²) in [4.78, 5) is 36.3. The molecule has 32 heavy (non-hydrogen) atoms. The van der Waals surface area contributed by atoms with Crippen LogP contribution in [0.4, 0.5) is 5.69 Å². The molecule has 3 aromatic rings. The van der Waals surface area contributed by atoms with Gasteiger partial charge in [-0.3, -0.25) is 14.9 Å². The molecule has 0 atom stereocenters. The Morgan fingerprint density at radius 3 is 2.28 bits per heavy atom. The number of ketones is 1. The molecule has 0 amide bonds. The lowest BCUT2D eigenvalue weighted by Crippen LogP contribution is -2.15. The van der Waals surface area contributed by atoms with Crippen molar-refractivity contribution in [3.63, 3.8) is 0 Å². The number of nitro groups is 1. The van der Waals surface area contributed by atoms with Crippen molar-refractivity contribution in [2.45, 2.75) is 32.6 Å². The van der Waals surface area contributed by atoms with Crippen LogP contribution in [0.1, 0.15) is 43.2 Å². The van der Waals surface area contributed by atoms with Crippen molar-refractivity contribution in [2.24, 2.45) is 0 Å². The van der Waals surface area contributed by atoms with Gasteiger partial charge in [-0.2, -0.15) is 0 Å². The summed E-state index contributed by atoms with van der Waals surface area (Å²) < 4.78 is 7.17. The van der Waals surface area contributed by atoms with Crippen LogP contribution < -0.4 is 0 Å². The maximum absolute atomic E-state index is 12.8. The molecule has 0 radical (unpaired) electrons. The zero-order valence-electron chi connectivity index (χ0n) is 18.6. The number of thioether (sulfide) groups is 1. The van der Waals surface area contributed by atoms with Crippen molar-refractivity contribution in [2.75, 3.05) is 12.9 Å². The molecule has 8 heteroatoms. The van der Waals surface area contributed by atoms with Crippen LogP contribution >= 0.6 is 11.8 Å². The molecule has 0 aliphatic heterocycles. The summed E-state index contributed by atoms with van der Waals surface area (Å²) in [5.74, 6) is -1.12. The second-order valence-corrected chi connectivity index (χ2v) is 8.46. The fraction of sp³-hybridized carbons (Fsp3) is 0.250. The number of hydrogen-bond donors (Lipinski definition) is 0. The average molecular weight is 453 g/mol. The highest BCUT2D eigenvalue weighted by atomic mass is 32.2. The second-order valence-electron chi connectivity index (χ2n) is 7.61. The summed E-state index contributed by atoms with van der Waals surface area (Å²) in [6.45, 7) is 7.36. The predicted octanol–water partition coefficient (Wildman–Crippen LogP) is 5.38. The van der Waals surface area contributed by atoms with Gasteiger partial charge in [-0.05, 0) is 75.4 Å². The van der Waals surface area contributed by atoms with E-state index in [0.29, 0.717) is 10.5 Å². The molecule has 0 N–H and O–H groups in total. The highest BCUT2D eigenvalue weighted by molar-refractivity contribution is 7.98. The van der Waals surface area contributed by atoms with Gasteiger partial charge in [-0.25, -0.2) is 4.79 Å². The minimum Gasteiger partial charge on any atom is -0.454 e. The van der Waals surface area contributed by atoms with Crippen molar-refractivity contribution >= 4 is 29.2 Å². The molecule has 0 aliphatic rings. The van der Waals surface area contributed by atoms with Gasteiger partial charge in [0.25, 0.3) is 5.69 Å². The molecule has 166 valence electrons. The van der Waals surface area contributed by atoms with Gasteiger partial charge in [0.15, 0.2) is 6.61 Å². The van der Waals surface area contributed by atoms with E-state index in [1.54, 1.807) is 12.3 Å². The summed E-state index contributed by atoms with van der Waals surface area (Å²) in [7, 11) is 0. The van der Waals surface area contributed by atoms with E-state index >= 15 is 0 Å². The van der Waals surface area contributed by atoms with Gasteiger partial charge in [0, 0.05) is 28.7 Å². The van der Waals surface area contributed by atoms with Gasteiger partial charge < -0.3 is 9.30 Å². The number of hydrogen-bond acceptors (Lipinski definition) is 6. The zero-order valence-corrected chi connectivity index (χ0v) is 19.4. The SMILES string of the molecule is CSc1ccc(C(=O)OCC(=O)c2cc(C)n(-c3cc(C)cc(C)c3)c2C)cc1[N+](=O)[O-]. The number of ether oxygens (including phenoxy) is 1. The zero-order chi connectivity index (χ0) is 23.6. The molecular weight excluding hydrogens is 428 g/mol. The monoisotopic (exact) mass is 452 g/mol. The van der Waals surface area contributed by atoms with Gasteiger partial charge >= 0.3 is 5.97 Å². The van der Waals surface area contributed by atoms with Crippen molar-refractivity contribution < 1.29 is 19.2 Å². The minimum absolute atomic E-state index is 0.0306. The molecule has 3 rings (SSSR count). The summed E-state index contributed by atoms with van der Waals surface area (Å²) in [5, 5.41) is 11.2. The molecule has 0 bridgehead atoms. The summed E-state index contributed by atoms with van der Waals surface area (Å²) in [5.41, 5.74) is 5.19. The first-order chi connectivity index (χ1) is 15.1. The Kier molecular flexibility index (Phi) is 6.84. The Hall–Kier alpha value is -3.39. The van der Waals surface area contributed by atoms with Gasteiger partial charge in [0.1, 0.15) is 0 Å². The van der Waals surface area contributed by atoms with Crippen LogP contribution in [-0.2, 0) is 4.74 Å². The van der Waals surface area contributed by atoms with E-state index < -0.39 is 17.5 Å². The molecule has 0 aliphatic carbocycles. The van der Waals surface area contributed by atoms with E-state index in [1.807, 2.05) is 44.4 Å². The maximum atomic E-state index is 12.8. The maximum Gasteiger partial charge on any atom is 0.338 e. The fourth-order valence-electron chi connectivity index (χ4n) is 3.77. The topological polar surface area (TPSA) is 91.4 Å². The van der Waals surface area contributed by atoms with Crippen molar-refractivity contribution in [3.05, 3.63) is 86.2 Å². The molecule has 7 nitrogen and oxygen atoms in total. The standard InChI is InChI=1S/C24H24N2O5S/c1-14-8-15(2)10-19(9-14)25-16(3)11-20(17(25)4)22(27)13-31-24(28)18-6-7-23(32-5)21(12-18)26(29)30/h6-12H,13H2,1-5H3. The highest BCUT2D eigenvalue weighted by Crippen LogP contribution is 2.28. The van der Waals surface area contributed by atoms with E-state index in [4.69, 9.17) is 4.74 Å².